The highest BCUT2D eigenvalue weighted by atomic mass is 35.5. The third kappa shape index (κ3) is 3.19. The summed E-state index contributed by atoms with van der Waals surface area (Å²) in [4.78, 5) is 2.40. The monoisotopic (exact) mass is 319 g/mol. The largest absolute Gasteiger partial charge is 0.396 e. The minimum absolute atomic E-state index is 0.302. The number of hydrogen-bond donors (Lipinski definition) is 1. The number of aliphatic hydroxyl groups excluding tert-OH is 1. The number of hydrogen-bond acceptors (Lipinski definition) is 3. The van der Waals surface area contributed by atoms with Crippen LogP contribution in [0, 0.1) is 5.92 Å². The average Bonchev–Trinajstić information content (AvgIpc) is 2.85. The third-order valence-electron chi connectivity index (χ3n) is 4.46. The molecule has 0 saturated carbocycles. The first-order chi connectivity index (χ1) is 10.7. The van der Waals surface area contributed by atoms with Crippen LogP contribution in [0.4, 0.5) is 0 Å². The molecule has 0 aliphatic carbocycles. The number of rotatable bonds is 4. The zero-order valence-corrected chi connectivity index (χ0v) is 13.6. The van der Waals surface area contributed by atoms with Crippen molar-refractivity contribution in [1.82, 2.24) is 14.7 Å². The molecule has 0 radical (unpaired) electrons. The van der Waals surface area contributed by atoms with E-state index in [1.54, 1.807) is 4.68 Å². The van der Waals surface area contributed by atoms with Crippen LogP contribution in [0.25, 0.3) is 11.3 Å². The lowest BCUT2D eigenvalue weighted by Gasteiger charge is -2.31. The summed E-state index contributed by atoms with van der Waals surface area (Å²) in [6, 6.07) is 10.2. The van der Waals surface area contributed by atoms with Gasteiger partial charge in [-0.25, -0.2) is 0 Å². The molecule has 22 heavy (non-hydrogen) atoms. The molecule has 0 bridgehead atoms. The zero-order valence-electron chi connectivity index (χ0n) is 12.9. The number of nitrogens with zero attached hydrogens (tertiary/aromatic N) is 3. The van der Waals surface area contributed by atoms with E-state index in [0.29, 0.717) is 17.7 Å². The predicted octanol–water partition coefficient (Wildman–Crippen LogP) is 2.94. The highest BCUT2D eigenvalue weighted by Crippen LogP contribution is 2.30. The van der Waals surface area contributed by atoms with Crippen LogP contribution in [-0.4, -0.2) is 39.5 Å². The molecule has 0 atom stereocenters. The number of aryl methyl sites for hydroxylation is 1. The molecule has 0 unspecified atom stereocenters. The Balaban J connectivity index is 1.82. The molecule has 1 aliphatic heterocycles. The normalized spacial score (nSPS) is 17.0. The summed E-state index contributed by atoms with van der Waals surface area (Å²) in [5.74, 6) is 0.453. The van der Waals surface area contributed by atoms with Gasteiger partial charge in [-0.2, -0.15) is 5.10 Å². The van der Waals surface area contributed by atoms with Crippen molar-refractivity contribution >= 4 is 11.6 Å². The Morgan fingerprint density at radius 3 is 2.55 bits per heavy atom. The van der Waals surface area contributed by atoms with Crippen molar-refractivity contribution in [2.75, 3.05) is 19.7 Å². The lowest BCUT2D eigenvalue weighted by atomic mass is 9.97. The fourth-order valence-corrected chi connectivity index (χ4v) is 3.25. The average molecular weight is 320 g/mol. The molecule has 0 amide bonds. The number of halogens is 1. The van der Waals surface area contributed by atoms with E-state index in [4.69, 9.17) is 11.6 Å². The standard InChI is InChI=1S/C17H22ClN3O/c1-20-17(18)15(11-21-9-7-13(12-22)8-10-21)16(19-20)14-5-3-2-4-6-14/h2-6,13,22H,7-12H2,1H3. The van der Waals surface area contributed by atoms with E-state index in [1.807, 2.05) is 25.2 Å². The van der Waals surface area contributed by atoms with Gasteiger partial charge >= 0.3 is 0 Å². The second kappa shape index (κ2) is 6.82. The quantitative estimate of drug-likeness (QED) is 0.942. The fraction of sp³-hybridized carbons (Fsp3) is 0.471. The van der Waals surface area contributed by atoms with Gasteiger partial charge in [-0.3, -0.25) is 9.58 Å². The van der Waals surface area contributed by atoms with Crippen LogP contribution in [0.15, 0.2) is 30.3 Å². The summed E-state index contributed by atoms with van der Waals surface area (Å²) < 4.78 is 1.75. The van der Waals surface area contributed by atoms with Crippen LogP contribution in [0.3, 0.4) is 0 Å². The smallest absolute Gasteiger partial charge is 0.131 e. The van der Waals surface area contributed by atoms with E-state index < -0.39 is 0 Å². The number of piperidine rings is 1. The van der Waals surface area contributed by atoms with Gasteiger partial charge in [0.25, 0.3) is 0 Å². The molecule has 1 saturated heterocycles. The van der Waals surface area contributed by atoms with Crippen LogP contribution in [-0.2, 0) is 13.6 Å². The molecule has 1 aliphatic rings. The van der Waals surface area contributed by atoms with Gasteiger partial charge < -0.3 is 5.11 Å². The van der Waals surface area contributed by atoms with Crippen molar-refractivity contribution in [3.63, 3.8) is 0 Å². The van der Waals surface area contributed by atoms with Gasteiger partial charge in [-0.1, -0.05) is 41.9 Å². The summed E-state index contributed by atoms with van der Waals surface area (Å²) in [5.41, 5.74) is 3.17. The number of aromatic nitrogens is 2. The van der Waals surface area contributed by atoms with E-state index in [0.717, 1.165) is 49.3 Å². The molecular formula is C17H22ClN3O. The first-order valence-electron chi connectivity index (χ1n) is 7.79. The molecule has 3 rings (SSSR count). The van der Waals surface area contributed by atoms with Crippen molar-refractivity contribution < 1.29 is 5.11 Å². The first kappa shape index (κ1) is 15.5. The van der Waals surface area contributed by atoms with Crippen molar-refractivity contribution in [3.8, 4) is 11.3 Å². The van der Waals surface area contributed by atoms with E-state index in [1.165, 1.54) is 0 Å². The topological polar surface area (TPSA) is 41.3 Å². The van der Waals surface area contributed by atoms with E-state index >= 15 is 0 Å². The van der Waals surface area contributed by atoms with Crippen molar-refractivity contribution in [2.45, 2.75) is 19.4 Å². The molecule has 118 valence electrons. The summed E-state index contributed by atoms with van der Waals surface area (Å²) >= 11 is 6.47. The molecule has 1 N–H and O–H groups in total. The van der Waals surface area contributed by atoms with Gasteiger partial charge in [0.15, 0.2) is 0 Å². The van der Waals surface area contributed by atoms with Gasteiger partial charge in [-0.05, 0) is 31.8 Å². The van der Waals surface area contributed by atoms with Crippen LogP contribution < -0.4 is 0 Å². The molecule has 2 aromatic rings. The molecule has 1 fully saturated rings. The molecule has 0 spiro atoms. The van der Waals surface area contributed by atoms with E-state index in [9.17, 15) is 5.11 Å². The maximum Gasteiger partial charge on any atom is 0.131 e. The molecule has 4 nitrogen and oxygen atoms in total. The minimum Gasteiger partial charge on any atom is -0.396 e. The van der Waals surface area contributed by atoms with Crippen LogP contribution >= 0.6 is 11.6 Å². The van der Waals surface area contributed by atoms with Gasteiger partial charge in [0, 0.05) is 31.3 Å². The minimum atomic E-state index is 0.302. The maximum absolute atomic E-state index is 9.25. The second-order valence-electron chi connectivity index (χ2n) is 6.01. The molecule has 2 heterocycles. The van der Waals surface area contributed by atoms with Gasteiger partial charge in [0.1, 0.15) is 5.15 Å². The van der Waals surface area contributed by atoms with Crippen LogP contribution in [0.1, 0.15) is 18.4 Å². The molecular weight excluding hydrogens is 298 g/mol. The Labute approximate surface area is 136 Å². The molecule has 5 heteroatoms. The summed E-state index contributed by atoms with van der Waals surface area (Å²) in [6.45, 7) is 3.13. The van der Waals surface area contributed by atoms with E-state index in [2.05, 4.69) is 22.1 Å². The van der Waals surface area contributed by atoms with Gasteiger partial charge in [0.05, 0.1) is 5.69 Å². The second-order valence-corrected chi connectivity index (χ2v) is 6.37. The van der Waals surface area contributed by atoms with Crippen LogP contribution in [0.5, 0.6) is 0 Å². The SMILES string of the molecule is Cn1nc(-c2ccccc2)c(CN2CCC(CO)CC2)c1Cl. The lowest BCUT2D eigenvalue weighted by Crippen LogP contribution is -2.34. The highest BCUT2D eigenvalue weighted by molar-refractivity contribution is 6.30. The van der Waals surface area contributed by atoms with Crippen molar-refractivity contribution in [3.05, 3.63) is 41.0 Å². The first-order valence-corrected chi connectivity index (χ1v) is 8.17. The highest BCUT2D eigenvalue weighted by Gasteiger charge is 2.23. The summed E-state index contributed by atoms with van der Waals surface area (Å²) in [7, 11) is 1.89. The number of likely N-dealkylation sites (tertiary alicyclic amines) is 1. The number of benzene rings is 1. The van der Waals surface area contributed by atoms with Crippen LogP contribution in [0.2, 0.25) is 5.15 Å². The Morgan fingerprint density at radius 1 is 1.23 bits per heavy atom. The Hall–Kier alpha value is -1.36. The van der Waals surface area contributed by atoms with Crippen molar-refractivity contribution in [1.29, 1.82) is 0 Å². The van der Waals surface area contributed by atoms with Gasteiger partial charge in [-0.15, -0.1) is 0 Å². The van der Waals surface area contributed by atoms with Crippen molar-refractivity contribution in [2.24, 2.45) is 13.0 Å². The zero-order chi connectivity index (χ0) is 15.5. The Bertz CT molecular complexity index is 618. The lowest BCUT2D eigenvalue weighted by molar-refractivity contribution is 0.127. The Morgan fingerprint density at radius 2 is 1.91 bits per heavy atom. The third-order valence-corrected chi connectivity index (χ3v) is 4.94. The predicted molar refractivity (Wildman–Crippen MR) is 88.7 cm³/mol. The Kier molecular flexibility index (Phi) is 4.81. The maximum atomic E-state index is 9.25. The summed E-state index contributed by atoms with van der Waals surface area (Å²) in [6.07, 6.45) is 2.10. The van der Waals surface area contributed by atoms with Gasteiger partial charge in [0.2, 0.25) is 0 Å². The molecule has 1 aromatic carbocycles. The fourth-order valence-electron chi connectivity index (χ4n) is 3.07. The summed E-state index contributed by atoms with van der Waals surface area (Å²) in [5, 5.41) is 14.6. The molecule has 1 aromatic heterocycles. The van der Waals surface area contributed by atoms with E-state index in [-0.39, 0.29) is 0 Å². The number of aliphatic hydroxyl groups is 1.